The predicted molar refractivity (Wildman–Crippen MR) is 78.1 cm³/mol. The van der Waals surface area contributed by atoms with Gasteiger partial charge in [-0.2, -0.15) is 0 Å². The van der Waals surface area contributed by atoms with Crippen molar-refractivity contribution < 1.29 is 4.79 Å². The van der Waals surface area contributed by atoms with Gasteiger partial charge in [0.15, 0.2) is 5.78 Å². The SMILES string of the molecule is Cc1cc(C)c(C(=O)CCCCP)c(C)c1C. The maximum atomic E-state index is 12.2. The second kappa shape index (κ2) is 6.31. The second-order valence-electron chi connectivity index (χ2n) is 4.80. The van der Waals surface area contributed by atoms with Crippen molar-refractivity contribution in [2.45, 2.75) is 47.0 Å². The number of unbranched alkanes of at least 4 members (excludes halogenated alkanes) is 1. The first kappa shape index (κ1) is 14.4. The van der Waals surface area contributed by atoms with Crippen LogP contribution < -0.4 is 0 Å². The molecule has 94 valence electrons. The Balaban J connectivity index is 2.97. The molecule has 0 aliphatic carbocycles. The Morgan fingerprint density at radius 1 is 1.06 bits per heavy atom. The molecule has 0 saturated carbocycles. The smallest absolute Gasteiger partial charge is 0.163 e. The molecule has 0 aromatic heterocycles. The van der Waals surface area contributed by atoms with E-state index in [1.807, 2.05) is 6.92 Å². The Kier molecular flexibility index (Phi) is 5.33. The summed E-state index contributed by atoms with van der Waals surface area (Å²) in [6.07, 6.45) is 3.87. The molecule has 0 saturated heterocycles. The molecule has 0 amide bonds. The van der Waals surface area contributed by atoms with Gasteiger partial charge in [0.05, 0.1) is 0 Å². The Labute approximate surface area is 107 Å². The lowest BCUT2D eigenvalue weighted by Crippen LogP contribution is -2.07. The fraction of sp³-hybridized carbons (Fsp3) is 0.533. The molecule has 1 unspecified atom stereocenters. The molecule has 17 heavy (non-hydrogen) atoms. The van der Waals surface area contributed by atoms with Crippen LogP contribution in [0.3, 0.4) is 0 Å². The quantitative estimate of drug-likeness (QED) is 0.436. The highest BCUT2D eigenvalue weighted by molar-refractivity contribution is 7.16. The van der Waals surface area contributed by atoms with Crippen LogP contribution in [0.15, 0.2) is 6.07 Å². The zero-order valence-corrected chi connectivity index (χ0v) is 12.5. The van der Waals surface area contributed by atoms with Gasteiger partial charge in [0.1, 0.15) is 0 Å². The predicted octanol–water partition coefficient (Wildman–Crippen LogP) is 4.15. The van der Waals surface area contributed by atoms with Crippen molar-refractivity contribution in [3.8, 4) is 0 Å². The van der Waals surface area contributed by atoms with Crippen LogP contribution in [0.5, 0.6) is 0 Å². The summed E-state index contributed by atoms with van der Waals surface area (Å²) in [7, 11) is 2.71. The summed E-state index contributed by atoms with van der Waals surface area (Å²) < 4.78 is 0. The summed E-state index contributed by atoms with van der Waals surface area (Å²) in [5.74, 6) is 0.307. The fourth-order valence-corrected chi connectivity index (χ4v) is 2.56. The van der Waals surface area contributed by atoms with E-state index in [4.69, 9.17) is 0 Å². The highest BCUT2D eigenvalue weighted by Gasteiger charge is 2.14. The number of aryl methyl sites for hydroxylation is 2. The van der Waals surface area contributed by atoms with E-state index in [-0.39, 0.29) is 0 Å². The maximum Gasteiger partial charge on any atom is 0.163 e. The zero-order valence-electron chi connectivity index (χ0n) is 11.4. The van der Waals surface area contributed by atoms with Gasteiger partial charge in [0, 0.05) is 12.0 Å². The zero-order chi connectivity index (χ0) is 13.0. The molecule has 0 bridgehead atoms. The molecule has 0 aliphatic heterocycles. The van der Waals surface area contributed by atoms with Gasteiger partial charge in [-0.05, 0) is 69.0 Å². The Bertz CT molecular complexity index is 421. The largest absolute Gasteiger partial charge is 0.294 e. The van der Waals surface area contributed by atoms with Crippen molar-refractivity contribution >= 4 is 15.0 Å². The number of benzene rings is 1. The normalized spacial score (nSPS) is 10.6. The monoisotopic (exact) mass is 250 g/mol. The third-order valence-corrected chi connectivity index (χ3v) is 3.90. The van der Waals surface area contributed by atoms with Crippen molar-refractivity contribution in [3.63, 3.8) is 0 Å². The lowest BCUT2D eigenvalue weighted by molar-refractivity contribution is 0.0978. The van der Waals surface area contributed by atoms with Gasteiger partial charge in [-0.3, -0.25) is 4.79 Å². The number of hydrogen-bond acceptors (Lipinski definition) is 1. The van der Waals surface area contributed by atoms with Crippen LogP contribution in [0.1, 0.15) is 51.9 Å². The van der Waals surface area contributed by atoms with Crippen LogP contribution in [0, 0.1) is 27.7 Å². The number of ketones is 1. The minimum absolute atomic E-state index is 0.307. The summed E-state index contributed by atoms with van der Waals surface area (Å²) in [5, 5.41) is 0. The molecule has 1 aromatic carbocycles. The number of Topliss-reactive ketones (excluding diaryl/α,β-unsaturated/α-hetero) is 1. The molecule has 0 N–H and O–H groups in total. The van der Waals surface area contributed by atoms with Gasteiger partial charge < -0.3 is 0 Å². The lowest BCUT2D eigenvalue weighted by atomic mass is 9.90. The molecule has 1 rings (SSSR count). The molecule has 1 nitrogen and oxygen atoms in total. The van der Waals surface area contributed by atoms with Crippen LogP contribution in [0.2, 0.25) is 0 Å². The van der Waals surface area contributed by atoms with Crippen molar-refractivity contribution in [2.75, 3.05) is 6.16 Å². The van der Waals surface area contributed by atoms with Crippen LogP contribution in [0.4, 0.5) is 0 Å². The highest BCUT2D eigenvalue weighted by atomic mass is 31.0. The summed E-state index contributed by atoms with van der Waals surface area (Å²) >= 11 is 0. The van der Waals surface area contributed by atoms with Crippen LogP contribution >= 0.6 is 9.24 Å². The van der Waals surface area contributed by atoms with Crippen LogP contribution in [0.25, 0.3) is 0 Å². The molecule has 0 heterocycles. The Morgan fingerprint density at radius 3 is 2.29 bits per heavy atom. The van der Waals surface area contributed by atoms with Gasteiger partial charge in [0.2, 0.25) is 0 Å². The summed E-state index contributed by atoms with van der Waals surface area (Å²) in [6, 6.07) is 2.13. The lowest BCUT2D eigenvalue weighted by Gasteiger charge is -2.14. The first-order valence-electron chi connectivity index (χ1n) is 6.29. The second-order valence-corrected chi connectivity index (χ2v) is 5.38. The van der Waals surface area contributed by atoms with Crippen LogP contribution in [-0.2, 0) is 0 Å². The van der Waals surface area contributed by atoms with Crippen molar-refractivity contribution in [1.29, 1.82) is 0 Å². The van der Waals surface area contributed by atoms with Crippen molar-refractivity contribution in [1.82, 2.24) is 0 Å². The van der Waals surface area contributed by atoms with E-state index in [0.717, 1.165) is 30.1 Å². The minimum Gasteiger partial charge on any atom is -0.294 e. The molecule has 0 fully saturated rings. The topological polar surface area (TPSA) is 17.1 Å². The Hall–Kier alpha value is -0.680. The average Bonchev–Trinajstić information content (AvgIpc) is 2.26. The van der Waals surface area contributed by atoms with E-state index in [2.05, 4.69) is 36.1 Å². The van der Waals surface area contributed by atoms with E-state index in [0.29, 0.717) is 12.2 Å². The molecule has 0 spiro atoms. The summed E-state index contributed by atoms with van der Waals surface area (Å²) in [6.45, 7) is 8.32. The minimum atomic E-state index is 0.307. The number of carbonyl (C=O) groups is 1. The molecule has 0 aliphatic rings. The summed E-state index contributed by atoms with van der Waals surface area (Å²) in [5.41, 5.74) is 5.78. The first-order chi connectivity index (χ1) is 7.99. The van der Waals surface area contributed by atoms with Gasteiger partial charge in [-0.25, -0.2) is 0 Å². The van der Waals surface area contributed by atoms with Crippen molar-refractivity contribution in [3.05, 3.63) is 33.9 Å². The standard InChI is InChI=1S/C15H23OP/c1-10-9-11(2)15(13(4)12(10)3)14(16)7-5-6-8-17/h9H,5-8,17H2,1-4H3. The fourth-order valence-electron chi connectivity index (χ4n) is 2.27. The molecule has 2 heteroatoms. The summed E-state index contributed by atoms with van der Waals surface area (Å²) in [4.78, 5) is 12.2. The number of hydrogen-bond donors (Lipinski definition) is 0. The van der Waals surface area contributed by atoms with E-state index < -0.39 is 0 Å². The Morgan fingerprint density at radius 2 is 1.71 bits per heavy atom. The average molecular weight is 250 g/mol. The van der Waals surface area contributed by atoms with E-state index in [1.165, 1.54) is 16.7 Å². The van der Waals surface area contributed by atoms with E-state index >= 15 is 0 Å². The van der Waals surface area contributed by atoms with Gasteiger partial charge in [-0.15, -0.1) is 9.24 Å². The van der Waals surface area contributed by atoms with Gasteiger partial charge in [0.25, 0.3) is 0 Å². The van der Waals surface area contributed by atoms with E-state index in [9.17, 15) is 4.79 Å². The van der Waals surface area contributed by atoms with Crippen LogP contribution in [-0.4, -0.2) is 11.9 Å². The highest BCUT2D eigenvalue weighted by Crippen LogP contribution is 2.23. The van der Waals surface area contributed by atoms with Crippen molar-refractivity contribution in [2.24, 2.45) is 0 Å². The van der Waals surface area contributed by atoms with Gasteiger partial charge in [-0.1, -0.05) is 6.07 Å². The number of carbonyl (C=O) groups excluding carboxylic acids is 1. The maximum absolute atomic E-state index is 12.2. The van der Waals surface area contributed by atoms with E-state index in [1.54, 1.807) is 0 Å². The first-order valence-corrected chi connectivity index (χ1v) is 7.11. The molecule has 1 atom stereocenters. The molecule has 0 radical (unpaired) electrons. The third kappa shape index (κ3) is 3.39. The molecular weight excluding hydrogens is 227 g/mol. The third-order valence-electron chi connectivity index (χ3n) is 3.49. The molecule has 1 aromatic rings. The molecular formula is C15H23OP. The number of rotatable bonds is 5. The van der Waals surface area contributed by atoms with Gasteiger partial charge >= 0.3 is 0 Å².